The number of benzene rings is 3. The van der Waals surface area contributed by atoms with Gasteiger partial charge in [-0.25, -0.2) is 0 Å². The van der Waals surface area contributed by atoms with Gasteiger partial charge in [-0.15, -0.1) is 11.8 Å². The maximum atomic E-state index is 13.2. The molecule has 0 radical (unpaired) electrons. The van der Waals surface area contributed by atoms with Gasteiger partial charge in [-0.05, 0) is 35.4 Å². The van der Waals surface area contributed by atoms with Crippen LogP contribution in [0, 0.1) is 0 Å². The van der Waals surface area contributed by atoms with E-state index < -0.39 is 0 Å². The van der Waals surface area contributed by atoms with Gasteiger partial charge in [-0.1, -0.05) is 42.5 Å². The van der Waals surface area contributed by atoms with Crippen molar-refractivity contribution in [3.8, 4) is 22.6 Å². The minimum atomic E-state index is -0.0721. The number of thioether (sulfide) groups is 1. The highest BCUT2D eigenvalue weighted by Crippen LogP contribution is 2.43. The van der Waals surface area contributed by atoms with Gasteiger partial charge in [-0.2, -0.15) is 0 Å². The number of rotatable bonds is 5. The van der Waals surface area contributed by atoms with Crippen LogP contribution < -0.4 is 9.47 Å². The summed E-state index contributed by atoms with van der Waals surface area (Å²) < 4.78 is 10.9. The molecule has 0 saturated carbocycles. The molecule has 4 nitrogen and oxygen atoms in total. The molecule has 0 bridgehead atoms. The van der Waals surface area contributed by atoms with Gasteiger partial charge in [0.1, 0.15) is 16.9 Å². The maximum absolute atomic E-state index is 13.2. The van der Waals surface area contributed by atoms with Crippen LogP contribution in [0.25, 0.3) is 11.1 Å². The lowest BCUT2D eigenvalue weighted by Gasteiger charge is -2.26. The van der Waals surface area contributed by atoms with E-state index in [2.05, 4.69) is 12.1 Å². The van der Waals surface area contributed by atoms with Crippen molar-refractivity contribution in [2.75, 3.05) is 26.5 Å². The monoisotopic (exact) mass is 405 g/mol. The Balaban J connectivity index is 1.58. The SMILES string of the molecule is COc1ccc(C2SCCN2C(=O)c2ccc(-c3ccccc3)cc2)c(OC)c1. The average Bonchev–Trinajstić information content (AvgIpc) is 3.28. The molecule has 0 N–H and O–H groups in total. The van der Waals surface area contributed by atoms with Crippen molar-refractivity contribution in [1.82, 2.24) is 4.90 Å². The fraction of sp³-hybridized carbons (Fsp3) is 0.208. The van der Waals surface area contributed by atoms with Gasteiger partial charge in [0, 0.05) is 29.5 Å². The van der Waals surface area contributed by atoms with E-state index in [0.717, 1.165) is 33.9 Å². The van der Waals surface area contributed by atoms with Crippen LogP contribution in [0.2, 0.25) is 0 Å². The zero-order valence-electron chi connectivity index (χ0n) is 16.5. The number of hydrogen-bond donors (Lipinski definition) is 0. The summed E-state index contributed by atoms with van der Waals surface area (Å²) in [7, 11) is 3.28. The zero-order chi connectivity index (χ0) is 20.2. The van der Waals surface area contributed by atoms with E-state index in [0.29, 0.717) is 12.1 Å². The fourth-order valence-corrected chi connectivity index (χ4v) is 4.84. The molecule has 29 heavy (non-hydrogen) atoms. The van der Waals surface area contributed by atoms with Crippen molar-refractivity contribution in [3.63, 3.8) is 0 Å². The summed E-state index contributed by atoms with van der Waals surface area (Å²) in [5, 5.41) is -0.0721. The third kappa shape index (κ3) is 3.96. The summed E-state index contributed by atoms with van der Waals surface area (Å²) in [6.45, 7) is 0.712. The quantitative estimate of drug-likeness (QED) is 0.580. The Labute approximate surface area is 175 Å². The first kappa shape index (κ1) is 19.4. The smallest absolute Gasteiger partial charge is 0.255 e. The largest absolute Gasteiger partial charge is 0.497 e. The maximum Gasteiger partial charge on any atom is 0.255 e. The second-order valence-electron chi connectivity index (χ2n) is 6.77. The second-order valence-corrected chi connectivity index (χ2v) is 7.96. The highest BCUT2D eigenvalue weighted by Gasteiger charge is 2.33. The van der Waals surface area contributed by atoms with Crippen molar-refractivity contribution in [2.45, 2.75) is 5.37 Å². The molecule has 1 aliphatic heterocycles. The molecule has 3 aromatic rings. The van der Waals surface area contributed by atoms with Gasteiger partial charge in [0.05, 0.1) is 14.2 Å². The number of ether oxygens (including phenoxy) is 2. The molecule has 0 spiro atoms. The first-order chi connectivity index (χ1) is 14.2. The van der Waals surface area contributed by atoms with Crippen LogP contribution in [0.5, 0.6) is 11.5 Å². The van der Waals surface area contributed by atoms with Crippen molar-refractivity contribution in [2.24, 2.45) is 0 Å². The van der Waals surface area contributed by atoms with Gasteiger partial charge >= 0.3 is 0 Å². The number of carbonyl (C=O) groups is 1. The summed E-state index contributed by atoms with van der Waals surface area (Å²) in [5.74, 6) is 2.41. The first-order valence-electron chi connectivity index (χ1n) is 9.51. The van der Waals surface area contributed by atoms with E-state index in [9.17, 15) is 4.79 Å². The van der Waals surface area contributed by atoms with Gasteiger partial charge < -0.3 is 14.4 Å². The lowest BCUT2D eigenvalue weighted by atomic mass is 10.0. The molecule has 1 heterocycles. The van der Waals surface area contributed by atoms with E-state index in [1.807, 2.05) is 65.6 Å². The lowest BCUT2D eigenvalue weighted by molar-refractivity contribution is 0.0759. The number of carbonyl (C=O) groups excluding carboxylic acids is 1. The molecule has 0 aliphatic carbocycles. The van der Waals surface area contributed by atoms with Crippen molar-refractivity contribution in [3.05, 3.63) is 83.9 Å². The Morgan fingerprint density at radius 1 is 0.931 bits per heavy atom. The van der Waals surface area contributed by atoms with Gasteiger partial charge in [0.25, 0.3) is 5.91 Å². The topological polar surface area (TPSA) is 38.8 Å². The molecule has 1 amide bonds. The predicted molar refractivity (Wildman–Crippen MR) is 118 cm³/mol. The highest BCUT2D eigenvalue weighted by atomic mass is 32.2. The van der Waals surface area contributed by atoms with Crippen molar-refractivity contribution < 1.29 is 14.3 Å². The zero-order valence-corrected chi connectivity index (χ0v) is 17.3. The molecule has 1 unspecified atom stereocenters. The van der Waals surface area contributed by atoms with Crippen LogP contribution in [0.15, 0.2) is 72.8 Å². The van der Waals surface area contributed by atoms with E-state index >= 15 is 0 Å². The Morgan fingerprint density at radius 3 is 2.34 bits per heavy atom. The number of methoxy groups -OCH3 is 2. The summed E-state index contributed by atoms with van der Waals surface area (Å²) in [5.41, 5.74) is 3.94. The number of nitrogens with zero attached hydrogens (tertiary/aromatic N) is 1. The van der Waals surface area contributed by atoms with E-state index in [-0.39, 0.29) is 11.3 Å². The third-order valence-corrected chi connectivity index (χ3v) is 6.34. The Morgan fingerprint density at radius 2 is 1.66 bits per heavy atom. The molecule has 0 aromatic heterocycles. The standard InChI is InChI=1S/C24H23NO3S/c1-27-20-12-13-21(22(16-20)28-2)24-25(14-15-29-24)23(26)19-10-8-18(9-11-19)17-6-4-3-5-7-17/h3-13,16,24H,14-15H2,1-2H3. The van der Waals surface area contributed by atoms with E-state index in [1.54, 1.807) is 26.0 Å². The summed E-state index contributed by atoms with van der Waals surface area (Å²) in [4.78, 5) is 15.2. The molecule has 1 atom stereocenters. The first-order valence-corrected chi connectivity index (χ1v) is 10.6. The molecule has 1 saturated heterocycles. The number of hydrogen-bond acceptors (Lipinski definition) is 4. The minimum Gasteiger partial charge on any atom is -0.497 e. The third-order valence-electron chi connectivity index (χ3n) is 5.10. The predicted octanol–water partition coefficient (Wildman–Crippen LogP) is 5.26. The van der Waals surface area contributed by atoms with Gasteiger partial charge in [0.2, 0.25) is 0 Å². The van der Waals surface area contributed by atoms with Crippen LogP contribution >= 0.6 is 11.8 Å². The van der Waals surface area contributed by atoms with E-state index in [1.165, 1.54) is 0 Å². The molecule has 1 fully saturated rings. The Bertz CT molecular complexity index is 989. The van der Waals surface area contributed by atoms with Crippen LogP contribution in [0.3, 0.4) is 0 Å². The van der Waals surface area contributed by atoms with Crippen LogP contribution in [-0.4, -0.2) is 37.3 Å². The summed E-state index contributed by atoms with van der Waals surface area (Å²) in [6.07, 6.45) is 0. The van der Waals surface area contributed by atoms with Crippen molar-refractivity contribution >= 4 is 17.7 Å². The second kappa shape index (κ2) is 8.62. The minimum absolute atomic E-state index is 0.0393. The fourth-order valence-electron chi connectivity index (χ4n) is 3.56. The average molecular weight is 406 g/mol. The van der Waals surface area contributed by atoms with Crippen LogP contribution in [-0.2, 0) is 0 Å². The molecular weight excluding hydrogens is 382 g/mol. The Hall–Kier alpha value is -2.92. The summed E-state index contributed by atoms with van der Waals surface area (Å²) >= 11 is 1.75. The lowest BCUT2D eigenvalue weighted by Crippen LogP contribution is -2.30. The van der Waals surface area contributed by atoms with Crippen LogP contribution in [0.4, 0.5) is 0 Å². The normalized spacial score (nSPS) is 15.9. The number of amides is 1. The van der Waals surface area contributed by atoms with E-state index in [4.69, 9.17) is 9.47 Å². The highest BCUT2D eigenvalue weighted by molar-refractivity contribution is 7.99. The van der Waals surface area contributed by atoms with Gasteiger partial charge in [0.15, 0.2) is 0 Å². The van der Waals surface area contributed by atoms with Crippen LogP contribution in [0.1, 0.15) is 21.3 Å². The molecule has 148 valence electrons. The molecule has 4 rings (SSSR count). The molecule has 1 aliphatic rings. The molecule has 3 aromatic carbocycles. The molecule has 5 heteroatoms. The van der Waals surface area contributed by atoms with Crippen molar-refractivity contribution in [1.29, 1.82) is 0 Å². The van der Waals surface area contributed by atoms with Gasteiger partial charge in [-0.3, -0.25) is 4.79 Å². The summed E-state index contributed by atoms with van der Waals surface area (Å²) in [6, 6.07) is 23.8. The molecular formula is C24H23NO3S. The Kier molecular flexibility index (Phi) is 5.76.